The number of carboxylic acids is 1. The molecule has 8 heteroatoms. The molecule has 8 nitrogen and oxygen atoms in total. The molecule has 1 saturated carbocycles. The molecule has 1 aliphatic rings. The maximum atomic E-state index is 12.7. The number of amides is 1. The van der Waals surface area contributed by atoms with Crippen molar-refractivity contribution in [2.24, 2.45) is 0 Å². The molecule has 0 atom stereocenters. The van der Waals surface area contributed by atoms with Gasteiger partial charge in [0.1, 0.15) is 12.3 Å². The highest BCUT2D eigenvalue weighted by Gasteiger charge is 2.28. The van der Waals surface area contributed by atoms with E-state index < -0.39 is 5.97 Å². The number of rotatable bonds is 6. The number of carboxylic acid groups (broad SMARTS) is 1. The summed E-state index contributed by atoms with van der Waals surface area (Å²) in [5.41, 5.74) is -0.170. The summed E-state index contributed by atoms with van der Waals surface area (Å²) in [6.07, 6.45) is 7.02. The van der Waals surface area contributed by atoms with Gasteiger partial charge in [0.25, 0.3) is 0 Å². The van der Waals surface area contributed by atoms with E-state index >= 15 is 0 Å². The second-order valence-corrected chi connectivity index (χ2v) is 5.65. The molecular weight excluding hydrogens is 300 g/mol. The largest absolute Gasteiger partial charge is 0.476 e. The first-order valence-electron chi connectivity index (χ1n) is 7.59. The fraction of sp³-hybridized carbons (Fsp3) is 0.467. The van der Waals surface area contributed by atoms with Crippen LogP contribution in [0.1, 0.15) is 41.9 Å². The van der Waals surface area contributed by atoms with Crippen molar-refractivity contribution in [2.75, 3.05) is 0 Å². The molecule has 3 rings (SSSR count). The fourth-order valence-electron chi connectivity index (χ4n) is 2.91. The third-order valence-corrected chi connectivity index (χ3v) is 4.05. The normalized spacial score (nSPS) is 15.0. The van der Waals surface area contributed by atoms with Gasteiger partial charge in [0, 0.05) is 6.04 Å². The van der Waals surface area contributed by atoms with E-state index in [1.54, 1.807) is 17.2 Å². The van der Waals surface area contributed by atoms with Crippen LogP contribution < -0.4 is 0 Å². The van der Waals surface area contributed by atoms with Crippen LogP contribution >= 0.6 is 0 Å². The van der Waals surface area contributed by atoms with Gasteiger partial charge < -0.3 is 14.4 Å². The molecule has 1 fully saturated rings. The zero-order valence-corrected chi connectivity index (χ0v) is 12.6. The average molecular weight is 318 g/mol. The Balaban J connectivity index is 1.72. The van der Waals surface area contributed by atoms with E-state index in [0.29, 0.717) is 6.54 Å². The number of aromatic carboxylic acids is 1. The van der Waals surface area contributed by atoms with E-state index in [0.717, 1.165) is 31.4 Å². The Morgan fingerprint density at radius 3 is 2.78 bits per heavy atom. The molecule has 0 aromatic carbocycles. The van der Waals surface area contributed by atoms with E-state index in [4.69, 9.17) is 9.52 Å². The van der Waals surface area contributed by atoms with Crippen LogP contribution in [0.15, 0.2) is 29.0 Å². The number of carbonyl (C=O) groups is 2. The van der Waals surface area contributed by atoms with Gasteiger partial charge in [0.05, 0.1) is 19.0 Å². The molecular formula is C15H18N4O4. The lowest BCUT2D eigenvalue weighted by molar-refractivity contribution is -0.135. The van der Waals surface area contributed by atoms with E-state index in [-0.39, 0.29) is 24.2 Å². The molecule has 0 radical (unpaired) electrons. The van der Waals surface area contributed by atoms with Crippen LogP contribution in [0, 0.1) is 0 Å². The Morgan fingerprint density at radius 2 is 2.17 bits per heavy atom. The second-order valence-electron chi connectivity index (χ2n) is 5.65. The number of hydrogen-bond donors (Lipinski definition) is 1. The minimum Gasteiger partial charge on any atom is -0.476 e. The summed E-state index contributed by atoms with van der Waals surface area (Å²) in [4.78, 5) is 25.3. The zero-order chi connectivity index (χ0) is 16.2. The van der Waals surface area contributed by atoms with Crippen LogP contribution in [0.5, 0.6) is 0 Å². The van der Waals surface area contributed by atoms with E-state index in [1.165, 1.54) is 10.9 Å². The summed E-state index contributed by atoms with van der Waals surface area (Å²) in [7, 11) is 0. The lowest BCUT2D eigenvalue weighted by atomic mass is 10.2. The number of hydrogen-bond acceptors (Lipinski definition) is 5. The van der Waals surface area contributed by atoms with Gasteiger partial charge in [-0.15, -0.1) is 5.10 Å². The molecule has 1 aliphatic carbocycles. The van der Waals surface area contributed by atoms with E-state index in [1.807, 2.05) is 6.07 Å². The quantitative estimate of drug-likeness (QED) is 0.867. The van der Waals surface area contributed by atoms with Crippen LogP contribution in [-0.4, -0.2) is 42.9 Å². The van der Waals surface area contributed by atoms with Crippen molar-refractivity contribution in [2.45, 2.75) is 44.8 Å². The van der Waals surface area contributed by atoms with Crippen molar-refractivity contribution >= 4 is 11.9 Å². The Labute approximate surface area is 132 Å². The molecule has 2 heterocycles. The summed E-state index contributed by atoms with van der Waals surface area (Å²) in [5, 5.41) is 16.1. The van der Waals surface area contributed by atoms with Crippen molar-refractivity contribution in [1.29, 1.82) is 0 Å². The molecule has 122 valence electrons. The summed E-state index contributed by atoms with van der Waals surface area (Å²) < 4.78 is 6.61. The molecule has 0 unspecified atom stereocenters. The van der Waals surface area contributed by atoms with Crippen molar-refractivity contribution < 1.29 is 19.1 Å². The Hall–Kier alpha value is -2.64. The van der Waals surface area contributed by atoms with Gasteiger partial charge in [-0.05, 0) is 25.0 Å². The predicted octanol–water partition coefficient (Wildman–Crippen LogP) is 1.54. The smallest absolute Gasteiger partial charge is 0.358 e. The van der Waals surface area contributed by atoms with Crippen LogP contribution in [0.25, 0.3) is 0 Å². The summed E-state index contributed by atoms with van der Waals surface area (Å²) in [6, 6.07) is 3.83. The summed E-state index contributed by atoms with van der Waals surface area (Å²) in [6.45, 7) is 0.383. The van der Waals surface area contributed by atoms with Crippen molar-refractivity contribution in [3.63, 3.8) is 0 Å². The molecule has 0 spiro atoms. The predicted molar refractivity (Wildman–Crippen MR) is 78.5 cm³/mol. The van der Waals surface area contributed by atoms with Crippen molar-refractivity contribution in [3.05, 3.63) is 36.0 Å². The molecule has 0 bridgehead atoms. The van der Waals surface area contributed by atoms with Crippen molar-refractivity contribution in [1.82, 2.24) is 19.9 Å². The Morgan fingerprint density at radius 1 is 1.39 bits per heavy atom. The first-order chi connectivity index (χ1) is 11.1. The molecule has 0 saturated heterocycles. The number of aromatic nitrogens is 3. The Kier molecular flexibility index (Phi) is 4.40. The standard InChI is InChI=1S/C15H18N4O4/c20-14(10-18-9-13(15(21)22)16-17-18)19(11-4-1-2-5-11)8-12-6-3-7-23-12/h3,6-7,9,11H,1-2,4-5,8,10H2,(H,21,22). The van der Waals surface area contributed by atoms with E-state index in [9.17, 15) is 9.59 Å². The topological polar surface area (TPSA) is 101 Å². The maximum Gasteiger partial charge on any atom is 0.358 e. The minimum atomic E-state index is -1.16. The highest BCUT2D eigenvalue weighted by Crippen LogP contribution is 2.25. The SMILES string of the molecule is O=C(O)c1cn(CC(=O)N(Cc2ccco2)C2CCCC2)nn1. The van der Waals surface area contributed by atoms with Gasteiger partial charge in [-0.1, -0.05) is 18.1 Å². The van der Waals surface area contributed by atoms with Gasteiger partial charge in [0.2, 0.25) is 5.91 Å². The second kappa shape index (κ2) is 6.64. The van der Waals surface area contributed by atoms with Crippen LogP contribution in [0.2, 0.25) is 0 Å². The monoisotopic (exact) mass is 318 g/mol. The maximum absolute atomic E-state index is 12.7. The van der Waals surface area contributed by atoms with Gasteiger partial charge in [-0.25, -0.2) is 9.48 Å². The minimum absolute atomic E-state index is 0.0303. The number of carbonyl (C=O) groups excluding carboxylic acids is 1. The molecule has 1 amide bonds. The van der Waals surface area contributed by atoms with E-state index in [2.05, 4.69) is 10.3 Å². The first-order valence-corrected chi connectivity index (χ1v) is 7.59. The number of furan rings is 1. The highest BCUT2D eigenvalue weighted by molar-refractivity contribution is 5.84. The van der Waals surface area contributed by atoms with Crippen LogP contribution in [0.4, 0.5) is 0 Å². The summed E-state index contributed by atoms with van der Waals surface area (Å²) in [5.74, 6) is -0.544. The fourth-order valence-corrected chi connectivity index (χ4v) is 2.91. The summed E-state index contributed by atoms with van der Waals surface area (Å²) >= 11 is 0. The lowest BCUT2D eigenvalue weighted by Crippen LogP contribution is -2.40. The van der Waals surface area contributed by atoms with Crippen molar-refractivity contribution in [3.8, 4) is 0 Å². The van der Waals surface area contributed by atoms with Gasteiger partial charge in [0.15, 0.2) is 5.69 Å². The molecule has 0 aliphatic heterocycles. The number of nitrogens with zero attached hydrogens (tertiary/aromatic N) is 4. The molecule has 2 aromatic rings. The van der Waals surface area contributed by atoms with Gasteiger partial charge in [-0.2, -0.15) is 0 Å². The third kappa shape index (κ3) is 3.58. The first kappa shape index (κ1) is 15.3. The van der Waals surface area contributed by atoms with Crippen LogP contribution in [0.3, 0.4) is 0 Å². The molecule has 23 heavy (non-hydrogen) atoms. The Bertz CT molecular complexity index is 673. The molecule has 1 N–H and O–H groups in total. The van der Waals surface area contributed by atoms with Gasteiger partial charge >= 0.3 is 5.97 Å². The molecule has 2 aromatic heterocycles. The third-order valence-electron chi connectivity index (χ3n) is 4.05. The highest BCUT2D eigenvalue weighted by atomic mass is 16.4. The van der Waals surface area contributed by atoms with Gasteiger partial charge in [-0.3, -0.25) is 4.79 Å². The zero-order valence-electron chi connectivity index (χ0n) is 12.6. The average Bonchev–Trinajstić information content (AvgIpc) is 3.26. The lowest BCUT2D eigenvalue weighted by Gasteiger charge is -2.28. The van der Waals surface area contributed by atoms with Crippen LogP contribution in [-0.2, 0) is 17.9 Å².